The zero-order valence-electron chi connectivity index (χ0n) is 11.9. The Morgan fingerprint density at radius 3 is 2.85 bits per heavy atom. The third-order valence-corrected chi connectivity index (χ3v) is 4.09. The van der Waals surface area contributed by atoms with Crippen LogP contribution in [0.2, 0.25) is 0 Å². The molecule has 4 nitrogen and oxygen atoms in total. The van der Waals surface area contributed by atoms with Gasteiger partial charge in [0.15, 0.2) is 5.13 Å². The molecule has 0 saturated heterocycles. The van der Waals surface area contributed by atoms with Crippen LogP contribution in [0.15, 0.2) is 29.6 Å². The molecule has 0 fully saturated rings. The number of anilines is 1. The average molecular weight is 290 g/mol. The quantitative estimate of drug-likeness (QED) is 0.794. The topological polar surface area (TPSA) is 42.4 Å². The third kappa shape index (κ3) is 3.57. The lowest BCUT2D eigenvalue weighted by Gasteiger charge is -2.17. The van der Waals surface area contributed by atoms with Crippen LogP contribution in [0.3, 0.4) is 0 Å². The van der Waals surface area contributed by atoms with Crippen LogP contribution >= 0.6 is 11.3 Å². The second-order valence-corrected chi connectivity index (χ2v) is 5.49. The summed E-state index contributed by atoms with van der Waals surface area (Å²) in [5.41, 5.74) is 3.30. The van der Waals surface area contributed by atoms with Gasteiger partial charge in [-0.1, -0.05) is 24.3 Å². The molecule has 0 unspecified atom stereocenters. The normalized spacial score (nSPS) is 10.3. The number of ether oxygens (including phenoxy) is 1. The number of nitrogens with zero attached hydrogens (tertiary/aromatic N) is 2. The number of rotatable bonds is 5. The maximum Gasteiger partial charge on any atom is 0.311 e. The lowest BCUT2D eigenvalue weighted by molar-refractivity contribution is -0.139. The molecular weight excluding hydrogens is 272 g/mol. The van der Waals surface area contributed by atoms with Crippen LogP contribution in [0.5, 0.6) is 0 Å². The lowest BCUT2D eigenvalue weighted by Crippen LogP contribution is -2.17. The van der Waals surface area contributed by atoms with Crippen LogP contribution in [0, 0.1) is 6.92 Å². The minimum Gasteiger partial charge on any atom is -0.469 e. The number of carbonyl (C=O) groups is 1. The highest BCUT2D eigenvalue weighted by Gasteiger charge is 2.11. The van der Waals surface area contributed by atoms with Crippen LogP contribution in [0.4, 0.5) is 5.13 Å². The smallest absolute Gasteiger partial charge is 0.311 e. The molecule has 2 rings (SSSR count). The van der Waals surface area contributed by atoms with Gasteiger partial charge in [0.25, 0.3) is 0 Å². The number of thiazole rings is 1. The Morgan fingerprint density at radius 2 is 2.15 bits per heavy atom. The van der Waals surface area contributed by atoms with Gasteiger partial charge in [-0.2, -0.15) is 0 Å². The number of aromatic nitrogens is 1. The van der Waals surface area contributed by atoms with Crippen LogP contribution in [0.25, 0.3) is 0 Å². The Bertz CT molecular complexity index is 595. The predicted molar refractivity (Wildman–Crippen MR) is 81.1 cm³/mol. The van der Waals surface area contributed by atoms with Gasteiger partial charge in [-0.25, -0.2) is 4.98 Å². The minimum absolute atomic E-state index is 0.227. The summed E-state index contributed by atoms with van der Waals surface area (Å²) in [6.45, 7) is 2.91. The fraction of sp³-hybridized carbons (Fsp3) is 0.333. The van der Waals surface area contributed by atoms with Crippen molar-refractivity contribution in [2.24, 2.45) is 0 Å². The first-order valence-corrected chi connectivity index (χ1v) is 7.25. The highest BCUT2D eigenvalue weighted by molar-refractivity contribution is 7.13. The maximum atomic E-state index is 11.2. The fourth-order valence-electron chi connectivity index (χ4n) is 1.88. The zero-order chi connectivity index (χ0) is 14.5. The van der Waals surface area contributed by atoms with Crippen molar-refractivity contribution in [3.8, 4) is 0 Å². The summed E-state index contributed by atoms with van der Waals surface area (Å²) < 4.78 is 4.65. The van der Waals surface area contributed by atoms with E-state index in [-0.39, 0.29) is 12.4 Å². The molecule has 2 aromatic rings. The molecule has 0 aliphatic carbocycles. The predicted octanol–water partition coefficient (Wildman–Crippen LogP) is 2.80. The summed E-state index contributed by atoms with van der Waals surface area (Å²) in [4.78, 5) is 17.8. The fourth-order valence-corrected chi connectivity index (χ4v) is 2.68. The molecule has 0 bridgehead atoms. The van der Waals surface area contributed by atoms with Crippen LogP contribution in [-0.2, 0) is 22.5 Å². The Labute approximate surface area is 123 Å². The molecule has 106 valence electrons. The van der Waals surface area contributed by atoms with Crippen molar-refractivity contribution in [1.29, 1.82) is 0 Å². The van der Waals surface area contributed by atoms with Gasteiger partial charge < -0.3 is 9.64 Å². The van der Waals surface area contributed by atoms with E-state index in [4.69, 9.17) is 0 Å². The summed E-state index contributed by atoms with van der Waals surface area (Å²) in [6.07, 6.45) is 0.227. The molecule has 1 heterocycles. The van der Waals surface area contributed by atoms with Crippen molar-refractivity contribution in [3.05, 3.63) is 46.5 Å². The summed E-state index contributed by atoms with van der Waals surface area (Å²) in [5.74, 6) is -0.261. The molecule has 0 N–H and O–H groups in total. The number of hydrogen-bond donors (Lipinski definition) is 0. The number of carbonyl (C=O) groups excluding carboxylic acids is 1. The van der Waals surface area contributed by atoms with Gasteiger partial charge in [-0.15, -0.1) is 11.3 Å². The summed E-state index contributed by atoms with van der Waals surface area (Å²) >= 11 is 1.54. The van der Waals surface area contributed by atoms with Crippen molar-refractivity contribution in [2.45, 2.75) is 19.9 Å². The molecule has 0 aliphatic rings. The van der Waals surface area contributed by atoms with Crippen molar-refractivity contribution in [3.63, 3.8) is 0 Å². The van der Waals surface area contributed by atoms with Crippen molar-refractivity contribution < 1.29 is 9.53 Å². The molecule has 0 amide bonds. The summed E-state index contributed by atoms with van der Waals surface area (Å²) in [7, 11) is 3.40. The monoisotopic (exact) mass is 290 g/mol. The van der Waals surface area contributed by atoms with Crippen LogP contribution in [0.1, 0.15) is 16.8 Å². The largest absolute Gasteiger partial charge is 0.469 e. The van der Waals surface area contributed by atoms with Gasteiger partial charge in [0.1, 0.15) is 0 Å². The van der Waals surface area contributed by atoms with E-state index in [2.05, 4.69) is 33.7 Å². The molecule has 0 aliphatic heterocycles. The summed E-state index contributed by atoms with van der Waals surface area (Å²) in [6, 6.07) is 8.31. The molecule has 20 heavy (non-hydrogen) atoms. The van der Waals surface area contributed by atoms with E-state index in [1.165, 1.54) is 18.2 Å². The molecular formula is C15H18N2O2S. The number of benzene rings is 1. The van der Waals surface area contributed by atoms with Gasteiger partial charge in [-0.05, 0) is 18.1 Å². The number of hydrogen-bond acceptors (Lipinski definition) is 5. The van der Waals surface area contributed by atoms with Crippen molar-refractivity contribution in [1.82, 2.24) is 4.98 Å². The van der Waals surface area contributed by atoms with Gasteiger partial charge in [0, 0.05) is 19.0 Å². The molecule has 5 heteroatoms. The Hall–Kier alpha value is -1.88. The van der Waals surface area contributed by atoms with E-state index >= 15 is 0 Å². The lowest BCUT2D eigenvalue weighted by atomic mass is 10.1. The first kappa shape index (κ1) is 14.5. The minimum atomic E-state index is -0.261. The third-order valence-electron chi connectivity index (χ3n) is 3.09. The van der Waals surface area contributed by atoms with Gasteiger partial charge in [0.2, 0.25) is 0 Å². The van der Waals surface area contributed by atoms with Crippen LogP contribution in [-0.4, -0.2) is 25.1 Å². The van der Waals surface area contributed by atoms with Crippen molar-refractivity contribution in [2.75, 3.05) is 19.1 Å². The number of methoxy groups -OCH3 is 1. The van der Waals surface area contributed by atoms with E-state index in [0.717, 1.165) is 17.4 Å². The number of esters is 1. The first-order chi connectivity index (χ1) is 9.60. The van der Waals surface area contributed by atoms with Gasteiger partial charge >= 0.3 is 5.97 Å². The van der Waals surface area contributed by atoms with E-state index < -0.39 is 0 Å². The van der Waals surface area contributed by atoms with E-state index in [1.807, 2.05) is 24.6 Å². The SMILES string of the molecule is COC(=O)Cc1csc(N(C)Cc2ccccc2C)n1. The molecule has 0 saturated carbocycles. The maximum absolute atomic E-state index is 11.2. The zero-order valence-corrected chi connectivity index (χ0v) is 12.7. The second-order valence-electron chi connectivity index (χ2n) is 4.66. The molecule has 0 radical (unpaired) electrons. The Kier molecular flexibility index (Phi) is 4.74. The number of aryl methyl sites for hydroxylation is 1. The van der Waals surface area contributed by atoms with E-state index in [9.17, 15) is 4.79 Å². The Balaban J connectivity index is 2.04. The first-order valence-electron chi connectivity index (χ1n) is 6.37. The van der Waals surface area contributed by atoms with Crippen molar-refractivity contribution >= 4 is 22.4 Å². The average Bonchev–Trinajstić information content (AvgIpc) is 2.89. The standard InChI is InChI=1S/C15H18N2O2S/c1-11-6-4-5-7-12(11)9-17(2)15-16-13(10-20-15)8-14(18)19-3/h4-7,10H,8-9H2,1-3H3. The molecule has 1 aromatic carbocycles. The van der Waals surface area contributed by atoms with Gasteiger partial charge in [-0.3, -0.25) is 4.79 Å². The van der Waals surface area contributed by atoms with Gasteiger partial charge in [0.05, 0.1) is 19.2 Å². The van der Waals surface area contributed by atoms with E-state index in [0.29, 0.717) is 0 Å². The van der Waals surface area contributed by atoms with E-state index in [1.54, 1.807) is 11.3 Å². The van der Waals surface area contributed by atoms with Crippen LogP contribution < -0.4 is 4.90 Å². The molecule has 0 atom stereocenters. The highest BCUT2D eigenvalue weighted by atomic mass is 32.1. The Morgan fingerprint density at radius 1 is 1.40 bits per heavy atom. The molecule has 0 spiro atoms. The summed E-state index contributed by atoms with van der Waals surface area (Å²) in [5, 5.41) is 2.81. The molecule has 1 aromatic heterocycles. The highest BCUT2D eigenvalue weighted by Crippen LogP contribution is 2.22. The second kappa shape index (κ2) is 6.52.